The van der Waals surface area contributed by atoms with E-state index in [0.717, 1.165) is 0 Å². The van der Waals surface area contributed by atoms with Gasteiger partial charge in [0.15, 0.2) is 11.5 Å². The summed E-state index contributed by atoms with van der Waals surface area (Å²) in [7, 11) is 2.97. The number of carbonyl (C=O) groups excluding carboxylic acids is 2. The fourth-order valence-corrected chi connectivity index (χ4v) is 1.91. The number of nitriles is 1. The van der Waals surface area contributed by atoms with Crippen LogP contribution >= 0.6 is 0 Å². The second-order valence-corrected chi connectivity index (χ2v) is 5.05. The molecule has 0 bridgehead atoms. The van der Waals surface area contributed by atoms with E-state index in [-0.39, 0.29) is 11.5 Å². The summed E-state index contributed by atoms with van der Waals surface area (Å²) in [5.74, 6) is -0.201. The highest BCUT2D eigenvalue weighted by Gasteiger charge is 2.12. The number of nitrogens with one attached hydrogen (secondary N) is 1. The third-order valence-electron chi connectivity index (χ3n) is 3.13. The Kier molecular flexibility index (Phi) is 8.75. The zero-order valence-corrected chi connectivity index (χ0v) is 14.6. The molecule has 0 spiro atoms. The Morgan fingerprint density at radius 1 is 1.28 bits per heavy atom. The van der Waals surface area contributed by atoms with Crippen LogP contribution in [0, 0.1) is 11.3 Å². The summed E-state index contributed by atoms with van der Waals surface area (Å²) < 4.78 is 15.3. The highest BCUT2D eigenvalue weighted by atomic mass is 16.6. The topological polar surface area (TPSA) is 97.7 Å². The van der Waals surface area contributed by atoms with Crippen LogP contribution in [0.15, 0.2) is 23.8 Å². The lowest BCUT2D eigenvalue weighted by atomic mass is 10.1. The van der Waals surface area contributed by atoms with Crippen LogP contribution in [0.1, 0.15) is 25.3 Å². The van der Waals surface area contributed by atoms with Crippen LogP contribution in [-0.4, -0.2) is 39.2 Å². The average Bonchev–Trinajstić information content (AvgIpc) is 2.60. The molecule has 0 saturated heterocycles. The van der Waals surface area contributed by atoms with E-state index >= 15 is 0 Å². The molecule has 1 aromatic rings. The van der Waals surface area contributed by atoms with Gasteiger partial charge in [0.05, 0.1) is 13.7 Å². The zero-order valence-electron chi connectivity index (χ0n) is 14.6. The summed E-state index contributed by atoms with van der Waals surface area (Å²) in [6.07, 6.45) is 2.43. The van der Waals surface area contributed by atoms with Gasteiger partial charge in [-0.3, -0.25) is 9.59 Å². The van der Waals surface area contributed by atoms with Crippen LogP contribution in [0.5, 0.6) is 11.5 Å². The van der Waals surface area contributed by atoms with Gasteiger partial charge in [-0.15, -0.1) is 0 Å². The number of methoxy groups -OCH3 is 2. The maximum atomic E-state index is 11.9. The fraction of sp³-hybridized carbons (Fsp3) is 0.389. The molecule has 0 aliphatic rings. The van der Waals surface area contributed by atoms with Gasteiger partial charge in [0.2, 0.25) is 0 Å². The smallest absolute Gasteiger partial charge is 0.311 e. The molecule has 0 saturated carbocycles. The van der Waals surface area contributed by atoms with Gasteiger partial charge in [0.1, 0.15) is 11.6 Å². The van der Waals surface area contributed by atoms with E-state index in [0.29, 0.717) is 43.1 Å². The SMILES string of the molecule is CCCC(=O)Oc1ccc(/C=C(\C#N)C(=O)NCCOC)cc1OC. The third-order valence-corrected chi connectivity index (χ3v) is 3.13. The Bertz CT molecular complexity index is 677. The Labute approximate surface area is 147 Å². The van der Waals surface area contributed by atoms with Crippen molar-refractivity contribution in [2.24, 2.45) is 0 Å². The highest BCUT2D eigenvalue weighted by molar-refractivity contribution is 6.01. The molecule has 1 N–H and O–H groups in total. The maximum absolute atomic E-state index is 11.9. The van der Waals surface area contributed by atoms with E-state index in [4.69, 9.17) is 19.5 Å². The van der Waals surface area contributed by atoms with Crippen molar-refractivity contribution in [1.82, 2.24) is 5.32 Å². The van der Waals surface area contributed by atoms with E-state index in [9.17, 15) is 9.59 Å². The highest BCUT2D eigenvalue weighted by Crippen LogP contribution is 2.29. The molecule has 1 amide bonds. The van der Waals surface area contributed by atoms with Crippen molar-refractivity contribution < 1.29 is 23.8 Å². The summed E-state index contributed by atoms with van der Waals surface area (Å²) in [4.78, 5) is 23.5. The lowest BCUT2D eigenvalue weighted by Gasteiger charge is -2.10. The second-order valence-electron chi connectivity index (χ2n) is 5.05. The molecule has 7 heteroatoms. The quantitative estimate of drug-likeness (QED) is 0.242. The molecule has 7 nitrogen and oxygen atoms in total. The van der Waals surface area contributed by atoms with Gasteiger partial charge in [0.25, 0.3) is 5.91 Å². The number of hydrogen-bond donors (Lipinski definition) is 1. The Balaban J connectivity index is 2.95. The van der Waals surface area contributed by atoms with Gasteiger partial charge in [-0.05, 0) is 30.2 Å². The molecule has 0 atom stereocenters. The van der Waals surface area contributed by atoms with Crippen LogP contribution in [0.2, 0.25) is 0 Å². The molecule has 1 aromatic carbocycles. The van der Waals surface area contributed by atoms with E-state index < -0.39 is 5.91 Å². The minimum Gasteiger partial charge on any atom is -0.493 e. The van der Waals surface area contributed by atoms with Crippen molar-refractivity contribution in [2.75, 3.05) is 27.4 Å². The van der Waals surface area contributed by atoms with Crippen LogP contribution < -0.4 is 14.8 Å². The lowest BCUT2D eigenvalue weighted by molar-refractivity contribution is -0.134. The van der Waals surface area contributed by atoms with Crippen molar-refractivity contribution in [1.29, 1.82) is 5.26 Å². The fourth-order valence-electron chi connectivity index (χ4n) is 1.91. The van der Waals surface area contributed by atoms with Crippen molar-refractivity contribution in [2.45, 2.75) is 19.8 Å². The number of ether oxygens (including phenoxy) is 3. The molecule has 0 heterocycles. The van der Waals surface area contributed by atoms with Crippen molar-refractivity contribution >= 4 is 18.0 Å². The molecule has 0 radical (unpaired) electrons. The standard InChI is InChI=1S/C18H22N2O5/c1-4-5-17(21)25-15-7-6-13(11-16(15)24-3)10-14(12-19)18(22)20-8-9-23-2/h6-7,10-11H,4-5,8-9H2,1-3H3,(H,20,22)/b14-10+. The van der Waals surface area contributed by atoms with E-state index in [1.807, 2.05) is 13.0 Å². The van der Waals surface area contributed by atoms with Gasteiger partial charge in [-0.2, -0.15) is 5.26 Å². The lowest BCUT2D eigenvalue weighted by Crippen LogP contribution is -2.27. The Morgan fingerprint density at radius 3 is 2.64 bits per heavy atom. The number of esters is 1. The summed E-state index contributed by atoms with van der Waals surface area (Å²) >= 11 is 0. The van der Waals surface area contributed by atoms with E-state index in [1.165, 1.54) is 20.3 Å². The molecule has 0 fully saturated rings. The van der Waals surface area contributed by atoms with Gasteiger partial charge < -0.3 is 19.5 Å². The summed E-state index contributed by atoms with van der Waals surface area (Å²) in [6, 6.07) is 6.65. The van der Waals surface area contributed by atoms with Crippen LogP contribution in [-0.2, 0) is 14.3 Å². The first kappa shape index (κ1) is 20.2. The van der Waals surface area contributed by atoms with Gasteiger partial charge in [-0.1, -0.05) is 13.0 Å². The van der Waals surface area contributed by atoms with Crippen molar-refractivity contribution in [3.05, 3.63) is 29.3 Å². The normalized spacial score (nSPS) is 10.7. The third kappa shape index (κ3) is 6.65. The number of rotatable bonds is 9. The van der Waals surface area contributed by atoms with Crippen LogP contribution in [0.25, 0.3) is 6.08 Å². The van der Waals surface area contributed by atoms with Crippen molar-refractivity contribution in [3.8, 4) is 17.6 Å². The minimum absolute atomic E-state index is 0.0473. The Morgan fingerprint density at radius 2 is 2.04 bits per heavy atom. The minimum atomic E-state index is -0.489. The van der Waals surface area contributed by atoms with E-state index in [2.05, 4.69) is 5.32 Å². The molecule has 134 valence electrons. The molecule has 0 aliphatic heterocycles. The number of nitrogens with zero attached hydrogens (tertiary/aromatic N) is 1. The monoisotopic (exact) mass is 346 g/mol. The second kappa shape index (κ2) is 10.8. The van der Waals surface area contributed by atoms with Crippen molar-refractivity contribution in [3.63, 3.8) is 0 Å². The predicted molar refractivity (Wildman–Crippen MR) is 92.0 cm³/mol. The number of amides is 1. The Hall–Kier alpha value is -2.85. The first-order valence-corrected chi connectivity index (χ1v) is 7.83. The van der Waals surface area contributed by atoms with Crippen LogP contribution in [0.4, 0.5) is 0 Å². The first-order chi connectivity index (χ1) is 12.0. The molecule has 1 rings (SSSR count). The summed E-state index contributed by atoms with van der Waals surface area (Å²) in [5.41, 5.74) is 0.527. The summed E-state index contributed by atoms with van der Waals surface area (Å²) in [6.45, 7) is 2.55. The maximum Gasteiger partial charge on any atom is 0.311 e. The zero-order chi connectivity index (χ0) is 18.7. The molecule has 0 aromatic heterocycles. The first-order valence-electron chi connectivity index (χ1n) is 7.83. The van der Waals surface area contributed by atoms with Crippen LogP contribution in [0.3, 0.4) is 0 Å². The number of hydrogen-bond acceptors (Lipinski definition) is 6. The molecular weight excluding hydrogens is 324 g/mol. The molecule has 0 aliphatic carbocycles. The molecule has 25 heavy (non-hydrogen) atoms. The average molecular weight is 346 g/mol. The summed E-state index contributed by atoms with van der Waals surface area (Å²) in [5, 5.41) is 11.7. The van der Waals surface area contributed by atoms with Gasteiger partial charge in [-0.25, -0.2) is 0 Å². The van der Waals surface area contributed by atoms with Gasteiger partial charge >= 0.3 is 5.97 Å². The predicted octanol–water partition coefficient (Wildman–Crippen LogP) is 2.07. The molecule has 0 unspecified atom stereocenters. The number of benzene rings is 1. The number of carbonyl (C=O) groups is 2. The largest absolute Gasteiger partial charge is 0.493 e. The molecular formula is C18H22N2O5. The van der Waals surface area contributed by atoms with Gasteiger partial charge in [0, 0.05) is 20.1 Å². The van der Waals surface area contributed by atoms with E-state index in [1.54, 1.807) is 18.2 Å².